The van der Waals surface area contributed by atoms with Gasteiger partial charge in [0.1, 0.15) is 5.82 Å². The Balaban J connectivity index is 1.52. The van der Waals surface area contributed by atoms with Crippen LogP contribution in [-0.2, 0) is 6.54 Å². The number of benzene rings is 1. The second-order valence-electron chi connectivity index (χ2n) is 7.70. The van der Waals surface area contributed by atoms with Crippen LogP contribution < -0.4 is 0 Å². The van der Waals surface area contributed by atoms with Gasteiger partial charge in [-0.15, -0.1) is 0 Å². The molecular weight excluding hydrogens is 348 g/mol. The Bertz CT molecular complexity index is 943. The highest BCUT2D eigenvalue weighted by Gasteiger charge is 2.28. The highest BCUT2D eigenvalue weighted by Crippen LogP contribution is 2.27. The fourth-order valence-corrected chi connectivity index (χ4v) is 4.13. The van der Waals surface area contributed by atoms with Crippen molar-refractivity contribution in [1.82, 2.24) is 19.4 Å². The van der Waals surface area contributed by atoms with Crippen LogP contribution in [-0.4, -0.2) is 38.4 Å². The summed E-state index contributed by atoms with van der Waals surface area (Å²) in [6.07, 6.45) is 7.72. The van der Waals surface area contributed by atoms with Crippen LogP contribution >= 0.6 is 0 Å². The van der Waals surface area contributed by atoms with E-state index in [0.29, 0.717) is 13.1 Å². The summed E-state index contributed by atoms with van der Waals surface area (Å²) in [6, 6.07) is 12.0. The average Bonchev–Trinajstić information content (AvgIpc) is 3.15. The van der Waals surface area contributed by atoms with Gasteiger partial charge in [-0.1, -0.05) is 23.3 Å². The zero-order valence-corrected chi connectivity index (χ0v) is 16.5. The first-order valence-corrected chi connectivity index (χ1v) is 9.88. The van der Waals surface area contributed by atoms with Crippen LogP contribution in [0.1, 0.15) is 51.8 Å². The van der Waals surface area contributed by atoms with E-state index in [1.807, 2.05) is 67.7 Å². The van der Waals surface area contributed by atoms with Crippen LogP contribution in [0.2, 0.25) is 0 Å². The number of carbonyl (C=O) groups is 1. The predicted molar refractivity (Wildman–Crippen MR) is 109 cm³/mol. The zero-order valence-electron chi connectivity index (χ0n) is 16.5. The van der Waals surface area contributed by atoms with E-state index in [0.717, 1.165) is 47.6 Å². The van der Waals surface area contributed by atoms with E-state index < -0.39 is 0 Å². The lowest BCUT2D eigenvalue weighted by molar-refractivity contribution is 0.0703. The van der Waals surface area contributed by atoms with Crippen LogP contribution in [0.5, 0.6) is 0 Å². The summed E-state index contributed by atoms with van der Waals surface area (Å²) in [5, 5.41) is 0. The number of hydrogen-bond donors (Lipinski definition) is 0. The number of rotatable bonds is 4. The first kappa shape index (κ1) is 18.4. The molecule has 3 heterocycles. The smallest absolute Gasteiger partial charge is 0.253 e. The van der Waals surface area contributed by atoms with Gasteiger partial charge < -0.3 is 9.47 Å². The van der Waals surface area contributed by atoms with Crippen LogP contribution in [0.25, 0.3) is 0 Å². The number of amides is 1. The third-order valence-corrected chi connectivity index (χ3v) is 5.35. The summed E-state index contributed by atoms with van der Waals surface area (Å²) < 4.78 is 2.16. The maximum absolute atomic E-state index is 13.1. The molecule has 1 aliphatic rings. The van der Waals surface area contributed by atoms with Gasteiger partial charge in [-0.25, -0.2) is 4.98 Å². The van der Waals surface area contributed by atoms with Crippen molar-refractivity contribution in [2.24, 2.45) is 0 Å². The molecule has 5 heteroatoms. The van der Waals surface area contributed by atoms with Crippen molar-refractivity contribution in [3.05, 3.63) is 83.2 Å². The Morgan fingerprint density at radius 3 is 2.68 bits per heavy atom. The maximum atomic E-state index is 13.1. The molecular formula is C23H26N4O. The van der Waals surface area contributed by atoms with E-state index in [2.05, 4.69) is 20.6 Å². The van der Waals surface area contributed by atoms with Crippen molar-refractivity contribution in [2.75, 3.05) is 13.1 Å². The molecule has 5 nitrogen and oxygen atoms in total. The number of hydrogen-bond acceptors (Lipinski definition) is 3. The summed E-state index contributed by atoms with van der Waals surface area (Å²) in [7, 11) is 0. The zero-order chi connectivity index (χ0) is 19.5. The summed E-state index contributed by atoms with van der Waals surface area (Å²) >= 11 is 0. The van der Waals surface area contributed by atoms with Gasteiger partial charge in [0, 0.05) is 43.2 Å². The van der Waals surface area contributed by atoms with Gasteiger partial charge in [-0.3, -0.25) is 9.78 Å². The standard InChI is InChI=1S/C23H26N4O/c1-17-12-18(2)14-20(13-17)23(28)27-10-5-6-19(15-27)22-25-9-11-26(22)16-21-7-3-4-8-24-21/h3-4,7-9,11-14,19H,5-6,10,15-16H2,1-2H3/t19-/m1/s1. The van der Waals surface area contributed by atoms with Crippen molar-refractivity contribution in [1.29, 1.82) is 0 Å². The largest absolute Gasteiger partial charge is 0.338 e. The van der Waals surface area contributed by atoms with Gasteiger partial charge in [0.25, 0.3) is 5.91 Å². The summed E-state index contributed by atoms with van der Waals surface area (Å²) in [5.41, 5.74) is 4.06. The number of aryl methyl sites for hydroxylation is 2. The molecule has 1 aromatic carbocycles. The molecule has 2 aromatic heterocycles. The van der Waals surface area contributed by atoms with E-state index in [9.17, 15) is 4.79 Å². The van der Waals surface area contributed by atoms with Crippen molar-refractivity contribution in [2.45, 2.75) is 39.2 Å². The number of aromatic nitrogens is 3. The fraction of sp³-hybridized carbons (Fsp3) is 0.348. The minimum absolute atomic E-state index is 0.124. The number of carbonyl (C=O) groups excluding carboxylic acids is 1. The summed E-state index contributed by atoms with van der Waals surface area (Å²) in [5.74, 6) is 1.42. The molecule has 28 heavy (non-hydrogen) atoms. The Labute approximate surface area is 166 Å². The molecule has 1 amide bonds. The van der Waals surface area contributed by atoms with Crippen LogP contribution in [0.3, 0.4) is 0 Å². The van der Waals surface area contributed by atoms with E-state index in [4.69, 9.17) is 0 Å². The van der Waals surface area contributed by atoms with Crippen LogP contribution in [0.15, 0.2) is 55.0 Å². The third kappa shape index (κ3) is 3.98. The minimum Gasteiger partial charge on any atom is -0.338 e. The van der Waals surface area contributed by atoms with Gasteiger partial charge >= 0.3 is 0 Å². The van der Waals surface area contributed by atoms with Gasteiger partial charge in [-0.2, -0.15) is 0 Å². The lowest BCUT2D eigenvalue weighted by atomic mass is 9.96. The Hall–Kier alpha value is -2.95. The molecule has 0 radical (unpaired) electrons. The molecule has 1 atom stereocenters. The number of pyridine rings is 1. The van der Waals surface area contributed by atoms with Crippen molar-refractivity contribution < 1.29 is 4.79 Å². The topological polar surface area (TPSA) is 51.0 Å². The van der Waals surface area contributed by atoms with Gasteiger partial charge in [0.2, 0.25) is 0 Å². The number of likely N-dealkylation sites (tertiary alicyclic amines) is 1. The summed E-state index contributed by atoms with van der Waals surface area (Å²) in [4.78, 5) is 24.1. The van der Waals surface area contributed by atoms with Crippen molar-refractivity contribution in [3.63, 3.8) is 0 Å². The molecule has 1 aliphatic heterocycles. The van der Waals surface area contributed by atoms with Crippen LogP contribution in [0.4, 0.5) is 0 Å². The number of nitrogens with zero attached hydrogens (tertiary/aromatic N) is 4. The lowest BCUT2D eigenvalue weighted by Gasteiger charge is -2.33. The molecule has 144 valence electrons. The molecule has 1 fully saturated rings. The highest BCUT2D eigenvalue weighted by molar-refractivity contribution is 5.94. The number of imidazole rings is 1. The monoisotopic (exact) mass is 374 g/mol. The van der Waals surface area contributed by atoms with Crippen molar-refractivity contribution >= 4 is 5.91 Å². The molecule has 3 aromatic rings. The maximum Gasteiger partial charge on any atom is 0.253 e. The molecule has 1 saturated heterocycles. The quantitative estimate of drug-likeness (QED) is 0.694. The van der Waals surface area contributed by atoms with E-state index >= 15 is 0 Å². The highest BCUT2D eigenvalue weighted by atomic mass is 16.2. The first-order chi connectivity index (χ1) is 13.6. The Morgan fingerprint density at radius 2 is 1.93 bits per heavy atom. The molecule has 4 rings (SSSR count). The predicted octanol–water partition coefficient (Wildman–Crippen LogP) is 3.96. The van der Waals surface area contributed by atoms with Gasteiger partial charge in [0.15, 0.2) is 0 Å². The van der Waals surface area contributed by atoms with E-state index in [1.54, 1.807) is 0 Å². The second-order valence-corrected chi connectivity index (χ2v) is 7.70. The molecule has 0 N–H and O–H groups in total. The Kier molecular flexibility index (Phi) is 5.24. The fourth-order valence-electron chi connectivity index (χ4n) is 4.13. The SMILES string of the molecule is Cc1cc(C)cc(C(=O)N2CCC[C@@H](c3nccn3Cc3ccccn3)C2)c1. The van der Waals surface area contributed by atoms with E-state index in [1.165, 1.54) is 0 Å². The number of piperidine rings is 1. The van der Waals surface area contributed by atoms with Gasteiger partial charge in [0.05, 0.1) is 12.2 Å². The van der Waals surface area contributed by atoms with Crippen LogP contribution in [0, 0.1) is 13.8 Å². The molecule has 0 aliphatic carbocycles. The molecule has 0 spiro atoms. The Morgan fingerprint density at radius 1 is 1.11 bits per heavy atom. The molecule has 0 unspecified atom stereocenters. The molecule has 0 bridgehead atoms. The second kappa shape index (κ2) is 7.97. The first-order valence-electron chi connectivity index (χ1n) is 9.88. The lowest BCUT2D eigenvalue weighted by Crippen LogP contribution is -2.39. The van der Waals surface area contributed by atoms with E-state index in [-0.39, 0.29) is 11.8 Å². The third-order valence-electron chi connectivity index (χ3n) is 5.35. The summed E-state index contributed by atoms with van der Waals surface area (Å²) in [6.45, 7) is 6.31. The van der Waals surface area contributed by atoms with Crippen molar-refractivity contribution in [3.8, 4) is 0 Å². The molecule has 0 saturated carbocycles. The normalized spacial score (nSPS) is 16.9. The minimum atomic E-state index is 0.124. The van der Waals surface area contributed by atoms with Gasteiger partial charge in [-0.05, 0) is 51.0 Å². The average molecular weight is 374 g/mol.